The first kappa shape index (κ1) is 5.37. The molecule has 0 rings (SSSR count). The first-order valence-corrected chi connectivity index (χ1v) is 1.89. The van der Waals surface area contributed by atoms with Gasteiger partial charge in [-0.15, -0.1) is 0 Å². The Labute approximate surface area is 37.9 Å². The van der Waals surface area contributed by atoms with Gasteiger partial charge in [0, 0.05) is 6.92 Å². The maximum Gasteiger partial charge on any atom is 0.260 e. The summed E-state index contributed by atoms with van der Waals surface area (Å²) in [5.41, 5.74) is 0. The van der Waals surface area contributed by atoms with Crippen LogP contribution in [0.15, 0.2) is 0 Å². The first-order valence-electron chi connectivity index (χ1n) is 1.10. The van der Waals surface area contributed by atoms with E-state index in [1.54, 1.807) is 0 Å². The van der Waals surface area contributed by atoms with Gasteiger partial charge in [-0.3, -0.25) is 0 Å². The van der Waals surface area contributed by atoms with Crippen LogP contribution in [0.4, 0.5) is 4.39 Å². The summed E-state index contributed by atoms with van der Waals surface area (Å²) in [5.74, 6) is 0. The third-order valence-corrected chi connectivity index (χ3v) is 0. The van der Waals surface area contributed by atoms with Crippen molar-refractivity contribution in [3.63, 3.8) is 0 Å². The molecule has 0 saturated heterocycles. The molecule has 0 saturated carbocycles. The number of halogens is 2. The van der Waals surface area contributed by atoms with Gasteiger partial charge in [0.25, 0.3) is 4.76 Å². The van der Waals surface area contributed by atoms with E-state index in [9.17, 15) is 4.39 Å². The van der Waals surface area contributed by atoms with Gasteiger partial charge in [-0.25, -0.2) is 0 Å². The average Bonchev–Trinajstić information content (AvgIpc) is 0.722. The van der Waals surface area contributed by atoms with Gasteiger partial charge in [-0.1, -0.05) is 0 Å². The minimum atomic E-state index is -2.19. The maximum atomic E-state index is 11.2. The smallest absolute Gasteiger partial charge is 0.260 e. The van der Waals surface area contributed by atoms with Crippen molar-refractivity contribution in [3.05, 3.63) is 0 Å². The lowest BCUT2D eigenvalue weighted by Gasteiger charge is -1.96. The summed E-state index contributed by atoms with van der Waals surface area (Å²) in [6.07, 6.45) is 0. The van der Waals surface area contributed by atoms with Crippen LogP contribution in [0, 0.1) is 0 Å². The molecule has 0 aliphatic heterocycles. The van der Waals surface area contributed by atoms with Gasteiger partial charge in [0.2, 0.25) is 0 Å². The molecule has 0 aromatic carbocycles. The Bertz CT molecular complexity index is 25.1. The fourth-order valence-corrected chi connectivity index (χ4v) is 0. The van der Waals surface area contributed by atoms with Crippen molar-refractivity contribution < 1.29 is 9.50 Å². The Morgan fingerprint density at radius 2 is 2.00 bits per heavy atom. The van der Waals surface area contributed by atoms with Crippen LogP contribution >= 0.6 is 15.9 Å². The van der Waals surface area contributed by atoms with E-state index in [1.165, 1.54) is 0 Å². The summed E-state index contributed by atoms with van der Waals surface area (Å²) in [4.78, 5) is 0. The topological polar surface area (TPSA) is 20.2 Å². The quantitative estimate of drug-likeness (QED) is 0.501. The SMILES string of the molecule is CC(O)(F)Br. The average molecular weight is 143 g/mol. The van der Waals surface area contributed by atoms with Gasteiger partial charge < -0.3 is 5.11 Å². The Kier molecular flexibility index (Phi) is 1.31. The highest BCUT2D eigenvalue weighted by molar-refractivity contribution is 9.09. The predicted molar refractivity (Wildman–Crippen MR) is 20.7 cm³/mol. The predicted octanol–water partition coefficient (Wildman–Crippen LogP) is 1.02. The molecule has 0 aromatic heterocycles. The molecular weight excluding hydrogens is 139 g/mol. The van der Waals surface area contributed by atoms with Gasteiger partial charge in [0.1, 0.15) is 0 Å². The number of alkyl halides is 2. The van der Waals surface area contributed by atoms with Gasteiger partial charge in [0.15, 0.2) is 0 Å². The second-order valence-electron chi connectivity index (χ2n) is 0.842. The third kappa shape index (κ3) is 179. The number of rotatable bonds is 0. The molecule has 0 bridgehead atoms. The van der Waals surface area contributed by atoms with Crippen molar-refractivity contribution in [1.29, 1.82) is 0 Å². The second kappa shape index (κ2) is 1.22. The van der Waals surface area contributed by atoms with Gasteiger partial charge >= 0.3 is 0 Å². The molecule has 3 heteroatoms. The van der Waals surface area contributed by atoms with Crippen molar-refractivity contribution in [2.45, 2.75) is 11.7 Å². The largest absolute Gasteiger partial charge is 0.353 e. The van der Waals surface area contributed by atoms with Crippen LogP contribution in [-0.2, 0) is 0 Å². The molecule has 0 fully saturated rings. The van der Waals surface area contributed by atoms with E-state index < -0.39 is 4.76 Å². The highest BCUT2D eigenvalue weighted by Gasteiger charge is 2.07. The number of hydrogen-bond donors (Lipinski definition) is 1. The van der Waals surface area contributed by atoms with Crippen LogP contribution in [0.3, 0.4) is 0 Å². The van der Waals surface area contributed by atoms with Crippen molar-refractivity contribution in [1.82, 2.24) is 0 Å². The zero-order chi connectivity index (χ0) is 4.50. The van der Waals surface area contributed by atoms with Crippen LogP contribution in [0.1, 0.15) is 6.92 Å². The van der Waals surface area contributed by atoms with Crippen LogP contribution in [0.25, 0.3) is 0 Å². The van der Waals surface area contributed by atoms with Crippen molar-refractivity contribution in [3.8, 4) is 0 Å². The summed E-state index contributed by atoms with van der Waals surface area (Å²) in [6, 6.07) is 0. The molecule has 0 spiro atoms. The molecule has 1 N–H and O–H groups in total. The Morgan fingerprint density at radius 3 is 2.00 bits per heavy atom. The van der Waals surface area contributed by atoms with Crippen molar-refractivity contribution in [2.24, 2.45) is 0 Å². The van der Waals surface area contributed by atoms with E-state index in [1.807, 2.05) is 0 Å². The second-order valence-corrected chi connectivity index (χ2v) is 2.29. The molecule has 0 radical (unpaired) electrons. The van der Waals surface area contributed by atoms with Crippen molar-refractivity contribution in [2.75, 3.05) is 0 Å². The van der Waals surface area contributed by atoms with Gasteiger partial charge in [-0.2, -0.15) is 4.39 Å². The molecule has 5 heavy (non-hydrogen) atoms. The summed E-state index contributed by atoms with van der Waals surface area (Å²) in [5, 5.41) is 7.77. The number of aliphatic hydroxyl groups is 1. The van der Waals surface area contributed by atoms with E-state index in [-0.39, 0.29) is 0 Å². The van der Waals surface area contributed by atoms with Gasteiger partial charge in [0.05, 0.1) is 0 Å². The maximum absolute atomic E-state index is 11.2. The molecule has 0 aromatic rings. The zero-order valence-corrected chi connectivity index (χ0v) is 4.29. The van der Waals surface area contributed by atoms with E-state index in [2.05, 4.69) is 15.9 Å². The molecule has 0 amide bonds. The molecule has 0 aliphatic rings. The summed E-state index contributed by atoms with van der Waals surface area (Å²) in [7, 11) is 0. The molecule has 1 nitrogen and oxygen atoms in total. The van der Waals surface area contributed by atoms with Crippen LogP contribution in [0.5, 0.6) is 0 Å². The molecule has 1 unspecified atom stereocenters. The van der Waals surface area contributed by atoms with Crippen molar-refractivity contribution >= 4 is 15.9 Å². The highest BCUT2D eigenvalue weighted by atomic mass is 79.9. The lowest BCUT2D eigenvalue weighted by molar-refractivity contribution is 0.0304. The van der Waals surface area contributed by atoms with Crippen LogP contribution < -0.4 is 0 Å². The van der Waals surface area contributed by atoms with Crippen LogP contribution in [0.2, 0.25) is 0 Å². The molecule has 0 heterocycles. The molecule has 32 valence electrons. The van der Waals surface area contributed by atoms with E-state index in [4.69, 9.17) is 5.11 Å². The monoisotopic (exact) mass is 142 g/mol. The third-order valence-electron chi connectivity index (χ3n) is 0. The van der Waals surface area contributed by atoms with E-state index >= 15 is 0 Å². The van der Waals surface area contributed by atoms with E-state index in [0.29, 0.717) is 0 Å². The lowest BCUT2D eigenvalue weighted by atomic mass is 10.8. The minimum absolute atomic E-state index is 0.993. The van der Waals surface area contributed by atoms with Crippen LogP contribution in [-0.4, -0.2) is 9.87 Å². The number of hydrogen-bond acceptors (Lipinski definition) is 1. The molecule has 0 aliphatic carbocycles. The Balaban J connectivity index is 3.02. The van der Waals surface area contributed by atoms with Gasteiger partial charge in [-0.05, 0) is 15.9 Å². The lowest BCUT2D eigenvalue weighted by Crippen LogP contribution is -2.01. The van der Waals surface area contributed by atoms with E-state index in [0.717, 1.165) is 6.92 Å². The first-order chi connectivity index (χ1) is 2.00. The highest BCUT2D eigenvalue weighted by Crippen LogP contribution is 2.11. The molecule has 1 atom stereocenters. The fourth-order valence-electron chi connectivity index (χ4n) is 0. The fraction of sp³-hybridized carbons (Fsp3) is 1.00. The Morgan fingerprint density at radius 1 is 2.00 bits per heavy atom. The Hall–Kier alpha value is 0.370. The summed E-state index contributed by atoms with van der Waals surface area (Å²) < 4.78 is 8.97. The minimum Gasteiger partial charge on any atom is -0.353 e. The standard InChI is InChI=1S/C2H4BrFO/c1-2(3,4)5/h5H,1H3. The summed E-state index contributed by atoms with van der Waals surface area (Å²) >= 11 is 2.26. The molecular formula is C2H4BrFO. The zero-order valence-electron chi connectivity index (χ0n) is 2.70. The normalized spacial score (nSPS) is 21.6. The summed E-state index contributed by atoms with van der Waals surface area (Å²) in [6.45, 7) is 0.993.